The first-order valence-corrected chi connectivity index (χ1v) is 6.26. The third-order valence-electron chi connectivity index (χ3n) is 2.85. The molecule has 0 fully saturated rings. The number of nitrogens with one attached hydrogen (secondary N) is 1. The molecule has 0 saturated carbocycles. The Labute approximate surface area is 104 Å². The zero-order valence-corrected chi connectivity index (χ0v) is 10.8. The molecule has 1 aromatic rings. The molecular weight excluding hydrogens is 214 g/mol. The van der Waals surface area contributed by atoms with Gasteiger partial charge in [0.15, 0.2) is 0 Å². The number of hydrogen-bond acceptors (Lipinski definition) is 3. The zero-order chi connectivity index (χ0) is 12.5. The second-order valence-electron chi connectivity index (χ2n) is 4.30. The first-order chi connectivity index (χ1) is 8.26. The van der Waals surface area contributed by atoms with E-state index in [2.05, 4.69) is 24.4 Å². The first kappa shape index (κ1) is 14.0. The number of hydrogen-bond donors (Lipinski definition) is 2. The van der Waals surface area contributed by atoms with Crippen LogP contribution in [0.15, 0.2) is 24.3 Å². The van der Waals surface area contributed by atoms with Crippen LogP contribution in [-0.4, -0.2) is 31.4 Å². The predicted octanol–water partition coefficient (Wildman–Crippen LogP) is 1.99. The molecule has 17 heavy (non-hydrogen) atoms. The Morgan fingerprint density at radius 3 is 2.59 bits per heavy atom. The molecule has 1 unspecified atom stereocenters. The fraction of sp³-hybridized carbons (Fsp3) is 0.571. The smallest absolute Gasteiger partial charge is 0.119 e. The van der Waals surface area contributed by atoms with Gasteiger partial charge in [0.1, 0.15) is 5.75 Å². The van der Waals surface area contributed by atoms with E-state index >= 15 is 0 Å². The Balaban J connectivity index is 2.34. The molecule has 0 aromatic heterocycles. The van der Waals surface area contributed by atoms with Crippen molar-refractivity contribution in [1.29, 1.82) is 0 Å². The average molecular weight is 237 g/mol. The Hall–Kier alpha value is -1.06. The van der Waals surface area contributed by atoms with Gasteiger partial charge in [-0.15, -0.1) is 0 Å². The summed E-state index contributed by atoms with van der Waals surface area (Å²) in [5, 5.41) is 11.9. The lowest BCUT2D eigenvalue weighted by atomic mass is 10.1. The fourth-order valence-electron chi connectivity index (χ4n) is 1.53. The molecule has 0 aliphatic carbocycles. The molecule has 0 spiro atoms. The quantitative estimate of drug-likeness (QED) is 0.679. The van der Waals surface area contributed by atoms with Crippen molar-refractivity contribution in [1.82, 2.24) is 5.32 Å². The van der Waals surface area contributed by atoms with E-state index < -0.39 is 0 Å². The molecule has 3 nitrogen and oxygen atoms in total. The highest BCUT2D eigenvalue weighted by molar-refractivity contribution is 5.27. The van der Waals surface area contributed by atoms with Crippen LogP contribution in [-0.2, 0) is 6.42 Å². The van der Waals surface area contributed by atoms with Gasteiger partial charge in [-0.3, -0.25) is 0 Å². The second-order valence-corrected chi connectivity index (χ2v) is 4.30. The van der Waals surface area contributed by atoms with Crippen LogP contribution < -0.4 is 10.1 Å². The van der Waals surface area contributed by atoms with Crippen molar-refractivity contribution in [2.24, 2.45) is 0 Å². The number of aliphatic hydroxyl groups excluding tert-OH is 1. The summed E-state index contributed by atoms with van der Waals surface area (Å²) in [6, 6.07) is 8.76. The highest BCUT2D eigenvalue weighted by Gasteiger charge is 2.00. The van der Waals surface area contributed by atoms with Gasteiger partial charge in [0.05, 0.1) is 6.61 Å². The highest BCUT2D eigenvalue weighted by Crippen LogP contribution is 2.14. The minimum absolute atomic E-state index is 0.181. The topological polar surface area (TPSA) is 41.5 Å². The lowest BCUT2D eigenvalue weighted by Crippen LogP contribution is -2.21. The molecule has 0 radical (unpaired) electrons. The van der Waals surface area contributed by atoms with Gasteiger partial charge in [-0.05, 0) is 44.5 Å². The molecule has 3 heteroatoms. The Morgan fingerprint density at radius 1 is 1.29 bits per heavy atom. The molecule has 0 aliphatic rings. The molecule has 0 aliphatic heterocycles. The zero-order valence-electron chi connectivity index (χ0n) is 10.8. The van der Waals surface area contributed by atoms with Crippen molar-refractivity contribution in [3.8, 4) is 5.75 Å². The average Bonchev–Trinajstić information content (AvgIpc) is 2.37. The Bertz CT molecular complexity index is 298. The van der Waals surface area contributed by atoms with Gasteiger partial charge in [-0.25, -0.2) is 0 Å². The maximum Gasteiger partial charge on any atom is 0.119 e. The fourth-order valence-corrected chi connectivity index (χ4v) is 1.53. The third kappa shape index (κ3) is 5.71. The SMILES string of the molecule is CNC(C)CCc1ccc(OCCCO)cc1. The van der Waals surface area contributed by atoms with E-state index in [4.69, 9.17) is 9.84 Å². The van der Waals surface area contributed by atoms with Crippen molar-refractivity contribution in [2.45, 2.75) is 32.2 Å². The van der Waals surface area contributed by atoms with E-state index in [0.29, 0.717) is 19.1 Å². The number of ether oxygens (including phenoxy) is 1. The summed E-state index contributed by atoms with van der Waals surface area (Å²) in [7, 11) is 1.99. The van der Waals surface area contributed by atoms with Crippen LogP contribution in [0.5, 0.6) is 5.75 Å². The number of rotatable bonds is 8. The number of benzene rings is 1. The lowest BCUT2D eigenvalue weighted by Gasteiger charge is -2.10. The van der Waals surface area contributed by atoms with E-state index in [1.54, 1.807) is 0 Å². The van der Waals surface area contributed by atoms with Gasteiger partial charge in [0.2, 0.25) is 0 Å². The van der Waals surface area contributed by atoms with Crippen LogP contribution >= 0.6 is 0 Å². The summed E-state index contributed by atoms with van der Waals surface area (Å²) >= 11 is 0. The van der Waals surface area contributed by atoms with E-state index in [-0.39, 0.29) is 6.61 Å². The predicted molar refractivity (Wildman–Crippen MR) is 70.5 cm³/mol. The maximum atomic E-state index is 8.65. The second kappa shape index (κ2) is 8.09. The van der Waals surface area contributed by atoms with E-state index in [0.717, 1.165) is 18.6 Å². The van der Waals surface area contributed by atoms with Gasteiger partial charge in [0, 0.05) is 19.1 Å². The normalized spacial score (nSPS) is 12.4. The van der Waals surface area contributed by atoms with Crippen LogP contribution in [0.3, 0.4) is 0 Å². The van der Waals surface area contributed by atoms with Crippen LogP contribution in [0, 0.1) is 0 Å². The van der Waals surface area contributed by atoms with E-state index in [1.807, 2.05) is 19.2 Å². The minimum atomic E-state index is 0.181. The van der Waals surface area contributed by atoms with Crippen molar-refractivity contribution in [3.05, 3.63) is 29.8 Å². The van der Waals surface area contributed by atoms with Crippen molar-refractivity contribution in [3.63, 3.8) is 0 Å². The van der Waals surface area contributed by atoms with Gasteiger partial charge in [-0.2, -0.15) is 0 Å². The van der Waals surface area contributed by atoms with Gasteiger partial charge >= 0.3 is 0 Å². The maximum absolute atomic E-state index is 8.65. The summed E-state index contributed by atoms with van der Waals surface area (Å²) in [4.78, 5) is 0. The van der Waals surface area contributed by atoms with Crippen molar-refractivity contribution < 1.29 is 9.84 Å². The molecule has 0 amide bonds. The highest BCUT2D eigenvalue weighted by atomic mass is 16.5. The standard InChI is InChI=1S/C14H23NO2/c1-12(15-2)4-5-13-6-8-14(9-7-13)17-11-3-10-16/h6-9,12,15-16H,3-5,10-11H2,1-2H3. The summed E-state index contributed by atoms with van der Waals surface area (Å²) in [5.74, 6) is 0.879. The molecule has 96 valence electrons. The monoisotopic (exact) mass is 237 g/mol. The molecular formula is C14H23NO2. The molecule has 0 heterocycles. The van der Waals surface area contributed by atoms with Crippen LogP contribution in [0.1, 0.15) is 25.3 Å². The molecule has 0 saturated heterocycles. The molecule has 1 atom stereocenters. The summed E-state index contributed by atoms with van der Waals surface area (Å²) in [6.07, 6.45) is 2.90. The van der Waals surface area contributed by atoms with E-state index in [9.17, 15) is 0 Å². The van der Waals surface area contributed by atoms with Crippen molar-refractivity contribution >= 4 is 0 Å². The van der Waals surface area contributed by atoms with Gasteiger partial charge in [-0.1, -0.05) is 12.1 Å². The van der Waals surface area contributed by atoms with Gasteiger partial charge < -0.3 is 15.2 Å². The van der Waals surface area contributed by atoms with Crippen LogP contribution in [0.4, 0.5) is 0 Å². The van der Waals surface area contributed by atoms with Crippen LogP contribution in [0.25, 0.3) is 0 Å². The molecule has 2 N–H and O–H groups in total. The molecule has 1 rings (SSSR count). The summed E-state index contributed by atoms with van der Waals surface area (Å²) in [6.45, 7) is 2.94. The lowest BCUT2D eigenvalue weighted by molar-refractivity contribution is 0.233. The molecule has 1 aromatic carbocycles. The largest absolute Gasteiger partial charge is 0.494 e. The minimum Gasteiger partial charge on any atom is -0.494 e. The number of aryl methyl sites for hydroxylation is 1. The number of aliphatic hydroxyl groups is 1. The van der Waals surface area contributed by atoms with Crippen molar-refractivity contribution in [2.75, 3.05) is 20.3 Å². The van der Waals surface area contributed by atoms with Crippen LogP contribution in [0.2, 0.25) is 0 Å². The Morgan fingerprint density at radius 2 is 2.00 bits per heavy atom. The summed E-state index contributed by atoms with van der Waals surface area (Å²) in [5.41, 5.74) is 1.33. The van der Waals surface area contributed by atoms with Gasteiger partial charge in [0.25, 0.3) is 0 Å². The third-order valence-corrected chi connectivity index (χ3v) is 2.85. The summed E-state index contributed by atoms with van der Waals surface area (Å²) < 4.78 is 5.48. The first-order valence-electron chi connectivity index (χ1n) is 6.26. The molecule has 0 bridgehead atoms. The van der Waals surface area contributed by atoms with E-state index in [1.165, 1.54) is 5.56 Å². The Kier molecular flexibility index (Phi) is 6.67.